The minimum Gasteiger partial charge on any atom is -0.378 e. The number of benzene rings is 4. The van der Waals surface area contributed by atoms with Crippen LogP contribution in [0.25, 0.3) is 0 Å². The van der Waals surface area contributed by atoms with Gasteiger partial charge in [0, 0.05) is 18.1 Å². The molecule has 7 rings (SSSR count). The van der Waals surface area contributed by atoms with E-state index in [9.17, 15) is 17.6 Å². The Hall–Kier alpha value is -3.52. The molecule has 0 bridgehead atoms. The molecule has 400 valence electrons. The maximum absolute atomic E-state index is 12.6. The number of rotatable bonds is 0. The van der Waals surface area contributed by atoms with Crippen LogP contribution in [-0.4, -0.2) is 32.2 Å². The highest BCUT2D eigenvalue weighted by molar-refractivity contribution is 5.24. The van der Waals surface area contributed by atoms with Gasteiger partial charge in [-0.25, -0.2) is 17.6 Å². The molecule has 2 heterocycles. The van der Waals surface area contributed by atoms with Crippen molar-refractivity contribution in [2.24, 2.45) is 23.7 Å². The van der Waals surface area contributed by atoms with Crippen molar-refractivity contribution in [2.75, 3.05) is 19.8 Å². The van der Waals surface area contributed by atoms with E-state index in [2.05, 4.69) is 72.7 Å². The summed E-state index contributed by atoms with van der Waals surface area (Å²) >= 11 is 0. The van der Waals surface area contributed by atoms with Crippen LogP contribution in [0.3, 0.4) is 0 Å². The van der Waals surface area contributed by atoms with Crippen LogP contribution < -0.4 is 0 Å². The maximum Gasteiger partial charge on any atom is 0.154 e. The molecule has 3 aliphatic rings. The van der Waals surface area contributed by atoms with E-state index in [-0.39, 0.29) is 82.9 Å². The van der Waals surface area contributed by atoms with Gasteiger partial charge in [0.25, 0.3) is 0 Å². The summed E-state index contributed by atoms with van der Waals surface area (Å²) in [5, 5.41) is 0. The van der Waals surface area contributed by atoms with Crippen molar-refractivity contribution in [2.45, 2.75) is 207 Å². The van der Waals surface area contributed by atoms with E-state index < -0.39 is 11.6 Å². The van der Waals surface area contributed by atoms with Gasteiger partial charge >= 0.3 is 0 Å². The summed E-state index contributed by atoms with van der Waals surface area (Å²) in [7, 11) is 0. The smallest absolute Gasteiger partial charge is 0.154 e. The van der Waals surface area contributed by atoms with E-state index in [1.165, 1.54) is 80.8 Å². The first-order valence-corrected chi connectivity index (χ1v) is 21.9. The first kappa shape index (κ1) is 81.5. The molecule has 1 aliphatic carbocycles. The van der Waals surface area contributed by atoms with E-state index in [4.69, 9.17) is 14.2 Å². The second kappa shape index (κ2) is 44.7. The first-order chi connectivity index (χ1) is 28.2. The van der Waals surface area contributed by atoms with Crippen LogP contribution in [0.2, 0.25) is 0 Å². The molecule has 2 atom stereocenters. The Bertz CT molecular complexity index is 1560. The van der Waals surface area contributed by atoms with Crippen molar-refractivity contribution in [3.8, 4) is 0 Å². The third kappa shape index (κ3) is 38.3. The summed E-state index contributed by atoms with van der Waals surface area (Å²) in [5.74, 6) is 2.23. The second-order valence-corrected chi connectivity index (χ2v) is 17.5. The predicted molar refractivity (Wildman–Crippen MR) is 298 cm³/mol. The molecule has 2 unspecified atom stereocenters. The molecule has 3 fully saturated rings. The fourth-order valence-corrected chi connectivity index (χ4v) is 5.94. The van der Waals surface area contributed by atoms with Gasteiger partial charge in [0.05, 0.1) is 19.3 Å². The van der Waals surface area contributed by atoms with Gasteiger partial charge in [-0.05, 0) is 152 Å². The fourth-order valence-electron chi connectivity index (χ4n) is 5.94. The van der Waals surface area contributed by atoms with Gasteiger partial charge in [-0.3, -0.25) is 0 Å². The van der Waals surface area contributed by atoms with Crippen molar-refractivity contribution in [1.29, 1.82) is 0 Å². The summed E-state index contributed by atoms with van der Waals surface area (Å²) in [6.07, 6.45) is 9.03. The molecule has 0 spiro atoms. The van der Waals surface area contributed by atoms with Crippen LogP contribution in [0.15, 0.2) is 72.8 Å². The molecular formula is C61H110F4O3. The second-order valence-electron chi connectivity index (χ2n) is 17.5. The topological polar surface area (TPSA) is 27.7 Å². The van der Waals surface area contributed by atoms with Crippen LogP contribution in [0.1, 0.15) is 184 Å². The number of halogens is 4. The third-order valence-corrected chi connectivity index (χ3v) is 10.6. The zero-order valence-electron chi connectivity index (χ0n) is 39.5. The molecule has 2 aliphatic heterocycles. The predicted octanol–water partition coefficient (Wildman–Crippen LogP) is 20.5. The normalized spacial score (nSPS) is 19.1. The highest BCUT2D eigenvalue weighted by Gasteiger charge is 2.15. The van der Waals surface area contributed by atoms with Crippen LogP contribution in [0.4, 0.5) is 17.6 Å². The lowest BCUT2D eigenvalue weighted by atomic mass is 9.84. The first-order valence-electron chi connectivity index (χ1n) is 21.9. The lowest BCUT2D eigenvalue weighted by Gasteiger charge is -2.24. The van der Waals surface area contributed by atoms with Crippen molar-refractivity contribution >= 4 is 0 Å². The number of hydrogen-bond acceptors (Lipinski definition) is 3. The molecule has 1 saturated carbocycles. The summed E-state index contributed by atoms with van der Waals surface area (Å²) in [6.45, 7) is 30.4. The number of ether oxygens (including phenoxy) is 3. The zero-order valence-corrected chi connectivity index (χ0v) is 39.5. The molecule has 4 aromatic rings. The number of hydrogen-bond donors (Lipinski definition) is 0. The van der Waals surface area contributed by atoms with Gasteiger partial charge in [0.2, 0.25) is 0 Å². The average molecular weight is 968 g/mol. The van der Waals surface area contributed by atoms with E-state index in [1.54, 1.807) is 32.9 Å². The summed E-state index contributed by atoms with van der Waals surface area (Å²) in [6, 6.07) is 21.6. The van der Waals surface area contributed by atoms with E-state index in [1.807, 2.05) is 32.9 Å². The summed E-state index contributed by atoms with van der Waals surface area (Å²) < 4.78 is 66.1. The Balaban J connectivity index is -0.000000101. The maximum atomic E-state index is 12.6. The summed E-state index contributed by atoms with van der Waals surface area (Å²) in [5.41, 5.74) is 6.72. The molecule has 7 heteroatoms. The van der Waals surface area contributed by atoms with E-state index in [0.717, 1.165) is 48.7 Å². The fraction of sp³-hybridized carbons (Fsp3) is 0.607. The molecule has 68 heavy (non-hydrogen) atoms. The van der Waals surface area contributed by atoms with Crippen molar-refractivity contribution in [3.63, 3.8) is 0 Å². The molecule has 3 nitrogen and oxygen atoms in total. The summed E-state index contributed by atoms with van der Waals surface area (Å²) in [4.78, 5) is 0. The van der Waals surface area contributed by atoms with Gasteiger partial charge < -0.3 is 14.2 Å². The van der Waals surface area contributed by atoms with Crippen molar-refractivity contribution in [3.05, 3.63) is 141 Å². The van der Waals surface area contributed by atoms with Gasteiger partial charge in [-0.2, -0.15) is 0 Å². The molecule has 2 saturated heterocycles. The van der Waals surface area contributed by atoms with Crippen LogP contribution in [-0.2, 0) is 14.2 Å². The van der Waals surface area contributed by atoms with Gasteiger partial charge in [0.15, 0.2) is 6.29 Å². The molecule has 0 aromatic heterocycles. The average Bonchev–Trinajstić information content (AvgIpc) is 3.20. The van der Waals surface area contributed by atoms with E-state index in [0.29, 0.717) is 28.7 Å². The minimum absolute atomic E-state index is 0. The van der Waals surface area contributed by atoms with Crippen LogP contribution >= 0.6 is 0 Å². The SMILES string of the molecule is C.C.C.C.C.C.C.C.CC1CCC(C)CC1.CC1CCC(C)OC1.CC1COC(C)OC1.Cc1cc(F)c(C)c(F)c1.Cc1ccc(C)c(F)c1.Cc1ccc(C)c(F)c1.Cc1ccc(C)cc1. The lowest BCUT2D eigenvalue weighted by Crippen LogP contribution is -2.27. The molecule has 0 amide bonds. The van der Waals surface area contributed by atoms with Gasteiger partial charge in [-0.15, -0.1) is 0 Å². The Kier molecular flexibility index (Phi) is 53.5. The number of aryl methyl sites for hydroxylation is 7. The standard InChI is InChI=1S/C8H8F2.2C8H9F.C8H16.C8H10.C7H14O.C6H12O2.8CH4/c1-5-3-7(9)6(2)8(10)4-5;2*1-6-3-4-7(2)8(9)5-6;2*1-7-3-5-8(2)6-4-7;1-6-3-4-7(2)8-5-6;1-5-3-7-6(2)8-4-5;;;;;;;;/h3-4H,1-2H3;2*3-5H,1-2H3;7-8H,3-6H2,1-2H3;3-6H,1-2H3;6-7H,3-5H2,1-2H3;5-6H,3-4H2,1-2H3;8*1H4. The highest BCUT2D eigenvalue weighted by Crippen LogP contribution is 2.27. The Labute approximate surface area is 421 Å². The molecular weight excluding hydrogens is 857 g/mol. The van der Waals surface area contributed by atoms with Gasteiger partial charge in [0.1, 0.15) is 23.3 Å². The lowest BCUT2D eigenvalue weighted by molar-refractivity contribution is -0.187. The van der Waals surface area contributed by atoms with Crippen LogP contribution in [0.5, 0.6) is 0 Å². The Morgan fingerprint density at radius 3 is 0.897 bits per heavy atom. The highest BCUT2D eigenvalue weighted by atomic mass is 19.1. The van der Waals surface area contributed by atoms with Crippen molar-refractivity contribution < 1.29 is 31.8 Å². The Morgan fingerprint density at radius 2 is 0.632 bits per heavy atom. The molecule has 4 aromatic carbocycles. The zero-order chi connectivity index (χ0) is 45.4. The van der Waals surface area contributed by atoms with Crippen LogP contribution in [0, 0.1) is 102 Å². The van der Waals surface area contributed by atoms with Gasteiger partial charge in [-0.1, -0.05) is 172 Å². The quantitative estimate of drug-likeness (QED) is 0.164. The molecule has 0 N–H and O–H groups in total. The molecule has 0 radical (unpaired) electrons. The van der Waals surface area contributed by atoms with E-state index >= 15 is 0 Å². The largest absolute Gasteiger partial charge is 0.378 e. The third-order valence-electron chi connectivity index (χ3n) is 10.6. The minimum atomic E-state index is -0.475. The Morgan fingerprint density at radius 1 is 0.338 bits per heavy atom. The monoisotopic (exact) mass is 967 g/mol. The van der Waals surface area contributed by atoms with Crippen molar-refractivity contribution in [1.82, 2.24) is 0 Å².